The lowest BCUT2D eigenvalue weighted by molar-refractivity contribution is 0.372. The van der Waals surface area contributed by atoms with Crippen molar-refractivity contribution in [3.8, 4) is 0 Å². The van der Waals surface area contributed by atoms with Crippen molar-refractivity contribution in [3.05, 3.63) is 22.9 Å². The molecule has 1 rings (SSSR count). The molecule has 0 saturated heterocycles. The minimum atomic E-state index is 0.0471. The molecule has 0 spiro atoms. The lowest BCUT2D eigenvalue weighted by Gasteiger charge is -2.19. The van der Waals surface area contributed by atoms with Crippen molar-refractivity contribution >= 4 is 0 Å². The van der Waals surface area contributed by atoms with Crippen LogP contribution in [0.1, 0.15) is 13.8 Å². The summed E-state index contributed by atoms with van der Waals surface area (Å²) >= 11 is 0. The normalized spacial score (nSPS) is 13.5. The van der Waals surface area contributed by atoms with Gasteiger partial charge in [-0.3, -0.25) is 4.57 Å². The molecule has 0 bridgehead atoms. The smallest absolute Gasteiger partial charge is 0.315 e. The van der Waals surface area contributed by atoms with Gasteiger partial charge < -0.3 is 9.88 Å². The standard InChI is InChI=1S/C10H19N3O/c1-8(2)9(11-3)7-13-6-5-12(4)10(13)14/h5-6,8-9,11H,7H2,1-4H3. The first-order valence-corrected chi connectivity index (χ1v) is 4.95. The summed E-state index contributed by atoms with van der Waals surface area (Å²) in [5.74, 6) is 0.520. The van der Waals surface area contributed by atoms with Gasteiger partial charge in [-0.15, -0.1) is 0 Å². The van der Waals surface area contributed by atoms with E-state index in [0.717, 1.165) is 6.54 Å². The molecular formula is C10H19N3O. The Labute approximate surface area is 84.5 Å². The quantitative estimate of drug-likeness (QED) is 0.760. The zero-order valence-electron chi connectivity index (χ0n) is 9.32. The van der Waals surface area contributed by atoms with Crippen LogP contribution < -0.4 is 11.0 Å². The molecule has 0 saturated carbocycles. The van der Waals surface area contributed by atoms with Crippen molar-refractivity contribution in [2.75, 3.05) is 7.05 Å². The van der Waals surface area contributed by atoms with E-state index in [4.69, 9.17) is 0 Å². The third-order valence-corrected chi connectivity index (χ3v) is 2.59. The number of hydrogen-bond acceptors (Lipinski definition) is 2. The Hall–Kier alpha value is -1.03. The van der Waals surface area contributed by atoms with Gasteiger partial charge in [0.15, 0.2) is 0 Å². The van der Waals surface area contributed by atoms with E-state index in [1.54, 1.807) is 22.4 Å². The Bertz CT molecular complexity index is 337. The van der Waals surface area contributed by atoms with Gasteiger partial charge in [-0.2, -0.15) is 0 Å². The summed E-state index contributed by atoms with van der Waals surface area (Å²) in [5.41, 5.74) is 0.0471. The second-order valence-corrected chi connectivity index (χ2v) is 3.98. The largest absolute Gasteiger partial charge is 0.327 e. The van der Waals surface area contributed by atoms with E-state index in [-0.39, 0.29) is 5.69 Å². The summed E-state index contributed by atoms with van der Waals surface area (Å²) in [4.78, 5) is 11.5. The van der Waals surface area contributed by atoms with Crippen LogP contribution in [0.25, 0.3) is 0 Å². The number of imidazole rings is 1. The molecular weight excluding hydrogens is 178 g/mol. The lowest BCUT2D eigenvalue weighted by Crippen LogP contribution is -2.38. The fraction of sp³-hybridized carbons (Fsp3) is 0.700. The first kappa shape index (κ1) is 11.0. The third kappa shape index (κ3) is 2.26. The van der Waals surface area contributed by atoms with Crippen molar-refractivity contribution in [2.45, 2.75) is 26.4 Å². The topological polar surface area (TPSA) is 39.0 Å². The molecule has 0 aromatic carbocycles. The van der Waals surface area contributed by atoms with Gasteiger partial charge in [0, 0.05) is 32.0 Å². The Morgan fingerprint density at radius 3 is 2.43 bits per heavy atom. The van der Waals surface area contributed by atoms with E-state index in [9.17, 15) is 4.79 Å². The van der Waals surface area contributed by atoms with Gasteiger partial charge in [0.1, 0.15) is 0 Å². The second-order valence-electron chi connectivity index (χ2n) is 3.98. The second kappa shape index (κ2) is 4.46. The molecule has 1 N–H and O–H groups in total. The first-order chi connectivity index (χ1) is 6.56. The van der Waals surface area contributed by atoms with Crippen LogP contribution in [-0.4, -0.2) is 22.2 Å². The Morgan fingerprint density at radius 1 is 1.43 bits per heavy atom. The Morgan fingerprint density at radius 2 is 2.07 bits per heavy atom. The van der Waals surface area contributed by atoms with Crippen molar-refractivity contribution in [1.29, 1.82) is 0 Å². The highest BCUT2D eigenvalue weighted by Gasteiger charge is 2.12. The molecule has 14 heavy (non-hydrogen) atoms. The van der Waals surface area contributed by atoms with E-state index >= 15 is 0 Å². The molecule has 1 aromatic rings. The first-order valence-electron chi connectivity index (χ1n) is 4.95. The maximum Gasteiger partial charge on any atom is 0.327 e. The Balaban J connectivity index is 2.77. The van der Waals surface area contributed by atoms with Gasteiger partial charge in [0.25, 0.3) is 0 Å². The molecule has 0 amide bonds. The highest BCUT2D eigenvalue weighted by molar-refractivity contribution is 4.82. The summed E-state index contributed by atoms with van der Waals surface area (Å²) in [7, 11) is 3.70. The van der Waals surface area contributed by atoms with Crippen LogP contribution in [0.3, 0.4) is 0 Å². The molecule has 4 nitrogen and oxygen atoms in total. The zero-order valence-corrected chi connectivity index (χ0v) is 9.32. The molecule has 1 aromatic heterocycles. The maximum atomic E-state index is 11.5. The van der Waals surface area contributed by atoms with E-state index in [1.165, 1.54) is 0 Å². The summed E-state index contributed by atoms with van der Waals surface area (Å²) < 4.78 is 3.33. The number of aryl methyl sites for hydroxylation is 1. The van der Waals surface area contributed by atoms with E-state index in [0.29, 0.717) is 12.0 Å². The van der Waals surface area contributed by atoms with Crippen LogP contribution in [0.15, 0.2) is 17.2 Å². The molecule has 1 atom stereocenters. The summed E-state index contributed by atoms with van der Waals surface area (Å²) in [5, 5.41) is 3.22. The number of nitrogens with one attached hydrogen (secondary N) is 1. The molecule has 0 radical (unpaired) electrons. The van der Waals surface area contributed by atoms with E-state index in [2.05, 4.69) is 19.2 Å². The predicted molar refractivity (Wildman–Crippen MR) is 57.4 cm³/mol. The van der Waals surface area contributed by atoms with Crippen molar-refractivity contribution in [1.82, 2.24) is 14.5 Å². The maximum absolute atomic E-state index is 11.5. The number of likely N-dealkylation sites (N-methyl/N-ethyl adjacent to an activating group) is 1. The lowest BCUT2D eigenvalue weighted by atomic mass is 10.1. The molecule has 80 valence electrons. The number of rotatable bonds is 4. The minimum absolute atomic E-state index is 0.0471. The van der Waals surface area contributed by atoms with Crippen LogP contribution >= 0.6 is 0 Å². The predicted octanol–water partition coefficient (Wildman–Crippen LogP) is 0.431. The molecule has 0 fully saturated rings. The van der Waals surface area contributed by atoms with E-state index < -0.39 is 0 Å². The highest BCUT2D eigenvalue weighted by Crippen LogP contribution is 2.02. The minimum Gasteiger partial charge on any atom is -0.315 e. The van der Waals surface area contributed by atoms with Crippen LogP contribution in [0.2, 0.25) is 0 Å². The summed E-state index contributed by atoms with van der Waals surface area (Å²) in [6.45, 7) is 5.03. The molecule has 0 aliphatic rings. The number of hydrogen-bond donors (Lipinski definition) is 1. The fourth-order valence-electron chi connectivity index (χ4n) is 1.50. The SMILES string of the molecule is CNC(Cn1ccn(C)c1=O)C(C)C. The molecule has 1 heterocycles. The monoisotopic (exact) mass is 197 g/mol. The zero-order chi connectivity index (χ0) is 10.7. The average molecular weight is 197 g/mol. The van der Waals surface area contributed by atoms with Crippen LogP contribution in [0.5, 0.6) is 0 Å². The number of nitrogens with zero attached hydrogens (tertiary/aromatic N) is 2. The highest BCUT2D eigenvalue weighted by atomic mass is 16.1. The van der Waals surface area contributed by atoms with Crippen LogP contribution in [-0.2, 0) is 13.6 Å². The molecule has 0 aliphatic carbocycles. The van der Waals surface area contributed by atoms with Crippen molar-refractivity contribution < 1.29 is 0 Å². The van der Waals surface area contributed by atoms with Gasteiger partial charge >= 0.3 is 5.69 Å². The van der Waals surface area contributed by atoms with Crippen molar-refractivity contribution in [3.63, 3.8) is 0 Å². The molecule has 0 aliphatic heterocycles. The average Bonchev–Trinajstić information content (AvgIpc) is 2.44. The van der Waals surface area contributed by atoms with Crippen molar-refractivity contribution in [2.24, 2.45) is 13.0 Å². The number of aromatic nitrogens is 2. The van der Waals surface area contributed by atoms with Crippen LogP contribution in [0.4, 0.5) is 0 Å². The third-order valence-electron chi connectivity index (χ3n) is 2.59. The summed E-state index contributed by atoms with van der Waals surface area (Å²) in [6, 6.07) is 0.343. The van der Waals surface area contributed by atoms with Crippen LogP contribution in [0, 0.1) is 5.92 Å². The fourth-order valence-corrected chi connectivity index (χ4v) is 1.50. The van der Waals surface area contributed by atoms with Gasteiger partial charge in [-0.1, -0.05) is 13.8 Å². The molecule has 1 unspecified atom stereocenters. The molecule has 4 heteroatoms. The Kier molecular flexibility index (Phi) is 3.52. The van der Waals surface area contributed by atoms with Gasteiger partial charge in [-0.05, 0) is 13.0 Å². The summed E-state index contributed by atoms with van der Waals surface area (Å²) in [6.07, 6.45) is 3.62. The van der Waals surface area contributed by atoms with Gasteiger partial charge in [0.05, 0.1) is 0 Å². The van der Waals surface area contributed by atoms with Gasteiger partial charge in [-0.25, -0.2) is 4.79 Å². The van der Waals surface area contributed by atoms with E-state index in [1.807, 2.05) is 13.2 Å². The van der Waals surface area contributed by atoms with Gasteiger partial charge in [0.2, 0.25) is 0 Å².